The second kappa shape index (κ2) is 15.6. The Morgan fingerprint density at radius 2 is 1.80 bits per heavy atom. The monoisotopic (exact) mass is 568 g/mol. The Bertz CT molecular complexity index is 1110. The molecule has 0 heterocycles. The summed E-state index contributed by atoms with van der Waals surface area (Å²) in [6.07, 6.45) is 9.99. The van der Waals surface area contributed by atoms with Crippen molar-refractivity contribution in [1.29, 1.82) is 0 Å². The number of benzene rings is 2. The van der Waals surface area contributed by atoms with Gasteiger partial charge in [0.15, 0.2) is 0 Å². The van der Waals surface area contributed by atoms with Gasteiger partial charge in [0.05, 0.1) is 12.2 Å². The van der Waals surface area contributed by atoms with Crippen LogP contribution in [-0.2, 0) is 16.1 Å². The minimum atomic E-state index is -1.01. The Morgan fingerprint density at radius 3 is 2.45 bits per heavy atom. The van der Waals surface area contributed by atoms with Crippen molar-refractivity contribution in [2.24, 2.45) is 5.92 Å². The van der Waals surface area contributed by atoms with Gasteiger partial charge >= 0.3 is 5.97 Å². The van der Waals surface area contributed by atoms with E-state index < -0.39 is 12.0 Å². The van der Waals surface area contributed by atoms with Crippen molar-refractivity contribution in [2.45, 2.75) is 96.9 Å². The molecule has 6 nitrogen and oxygen atoms in total. The molecular formula is C33H48N2O4S. The first-order valence-electron chi connectivity index (χ1n) is 14.7. The van der Waals surface area contributed by atoms with Crippen LogP contribution >= 0.6 is 11.8 Å². The third-order valence-electron chi connectivity index (χ3n) is 7.63. The first-order chi connectivity index (χ1) is 19.1. The molecule has 1 aliphatic carbocycles. The molecule has 0 aromatic heterocycles. The van der Waals surface area contributed by atoms with Crippen molar-refractivity contribution < 1.29 is 19.4 Å². The molecule has 2 aromatic rings. The molecule has 0 aliphatic heterocycles. The van der Waals surface area contributed by atoms with Crippen LogP contribution in [0.3, 0.4) is 0 Å². The molecule has 40 heavy (non-hydrogen) atoms. The van der Waals surface area contributed by atoms with E-state index in [1.165, 1.54) is 32.1 Å². The zero-order valence-electron chi connectivity index (χ0n) is 24.9. The van der Waals surface area contributed by atoms with Crippen LogP contribution < -0.4 is 10.6 Å². The van der Waals surface area contributed by atoms with Crippen LogP contribution in [-0.4, -0.2) is 53.3 Å². The lowest BCUT2D eigenvalue weighted by atomic mass is 9.85. The zero-order valence-corrected chi connectivity index (χ0v) is 25.7. The van der Waals surface area contributed by atoms with Gasteiger partial charge in [-0.2, -0.15) is 11.8 Å². The van der Waals surface area contributed by atoms with Crippen molar-refractivity contribution in [3.63, 3.8) is 0 Å². The highest BCUT2D eigenvalue weighted by atomic mass is 32.2. The van der Waals surface area contributed by atoms with Crippen LogP contribution in [0.2, 0.25) is 0 Å². The van der Waals surface area contributed by atoms with Gasteiger partial charge in [0.2, 0.25) is 0 Å². The zero-order chi connectivity index (χ0) is 29.1. The highest BCUT2D eigenvalue weighted by Crippen LogP contribution is 2.30. The number of carboxylic acids is 1. The standard InChI is InChI=1S/C33H48N2O4S/c1-23-11-9-10-14-27(23)29-20-25(15-16-28(29)31(36)35-30(32(37)38)17-18-40-5)21-34-26(22-39-33(2,3)4)19-24-12-7-6-8-13-24/h9-11,14-16,20,24,26,30,34H,6-8,12-13,17-19,21-22H2,1-5H3,(H,35,36)(H,37,38)/t26-,30+/m1/s1. The Balaban J connectivity index is 1.83. The number of ether oxygens (including phenoxy) is 1. The number of carbonyl (C=O) groups excluding carboxylic acids is 1. The first kappa shape index (κ1) is 32.2. The fraction of sp³-hybridized carbons (Fsp3) is 0.576. The van der Waals surface area contributed by atoms with Crippen molar-refractivity contribution in [3.8, 4) is 11.1 Å². The third kappa shape index (κ3) is 10.2. The number of aryl methyl sites for hydroxylation is 1. The number of carbonyl (C=O) groups is 2. The second-order valence-electron chi connectivity index (χ2n) is 12.1. The molecule has 220 valence electrons. The van der Waals surface area contributed by atoms with Gasteiger partial charge in [-0.05, 0) is 92.8 Å². The van der Waals surface area contributed by atoms with Gasteiger partial charge in [-0.15, -0.1) is 0 Å². The summed E-state index contributed by atoms with van der Waals surface area (Å²) in [7, 11) is 0. The van der Waals surface area contributed by atoms with Gasteiger partial charge in [-0.3, -0.25) is 4.79 Å². The molecule has 2 atom stereocenters. The van der Waals surface area contributed by atoms with Gasteiger partial charge in [0, 0.05) is 18.2 Å². The number of carboxylic acid groups (broad SMARTS) is 1. The average Bonchev–Trinajstić information content (AvgIpc) is 2.92. The Kier molecular flexibility index (Phi) is 12.5. The number of amides is 1. The number of aliphatic carboxylic acids is 1. The van der Waals surface area contributed by atoms with E-state index in [-0.39, 0.29) is 17.6 Å². The van der Waals surface area contributed by atoms with E-state index in [0.29, 0.717) is 30.9 Å². The number of rotatable bonds is 14. The molecule has 0 radical (unpaired) electrons. The maximum absolute atomic E-state index is 13.4. The van der Waals surface area contributed by atoms with E-state index in [2.05, 4.69) is 37.5 Å². The molecule has 0 saturated heterocycles. The van der Waals surface area contributed by atoms with Crippen LogP contribution in [0.25, 0.3) is 11.1 Å². The summed E-state index contributed by atoms with van der Waals surface area (Å²) in [6.45, 7) is 9.65. The maximum atomic E-state index is 13.4. The summed E-state index contributed by atoms with van der Waals surface area (Å²) in [4.78, 5) is 25.2. The van der Waals surface area contributed by atoms with Gasteiger partial charge < -0.3 is 20.5 Å². The lowest BCUT2D eigenvalue weighted by Crippen LogP contribution is -2.41. The third-order valence-corrected chi connectivity index (χ3v) is 8.28. The molecule has 1 amide bonds. The largest absolute Gasteiger partial charge is 0.480 e. The van der Waals surface area contributed by atoms with E-state index in [0.717, 1.165) is 34.6 Å². The van der Waals surface area contributed by atoms with Crippen molar-refractivity contribution in [1.82, 2.24) is 10.6 Å². The first-order valence-corrected chi connectivity index (χ1v) is 16.1. The molecule has 1 fully saturated rings. The lowest BCUT2D eigenvalue weighted by Gasteiger charge is -2.30. The van der Waals surface area contributed by atoms with Crippen molar-refractivity contribution in [3.05, 3.63) is 59.2 Å². The van der Waals surface area contributed by atoms with E-state index in [1.54, 1.807) is 11.8 Å². The maximum Gasteiger partial charge on any atom is 0.326 e. The fourth-order valence-corrected chi connectivity index (χ4v) is 5.85. The highest BCUT2D eigenvalue weighted by Gasteiger charge is 2.24. The minimum Gasteiger partial charge on any atom is -0.480 e. The molecule has 3 N–H and O–H groups in total. The number of hydrogen-bond acceptors (Lipinski definition) is 5. The molecule has 1 aliphatic rings. The van der Waals surface area contributed by atoms with Gasteiger partial charge in [-0.1, -0.05) is 62.4 Å². The lowest BCUT2D eigenvalue weighted by molar-refractivity contribution is -0.139. The fourth-order valence-electron chi connectivity index (χ4n) is 5.37. The summed E-state index contributed by atoms with van der Waals surface area (Å²) in [5.41, 5.74) is 4.23. The summed E-state index contributed by atoms with van der Waals surface area (Å²) in [5.74, 6) is 0.0202. The Hall–Kier alpha value is -2.35. The van der Waals surface area contributed by atoms with Crippen LogP contribution in [0.1, 0.15) is 87.2 Å². The summed E-state index contributed by atoms with van der Waals surface area (Å²) in [6, 6.07) is 13.2. The van der Waals surface area contributed by atoms with Gasteiger partial charge in [0.1, 0.15) is 6.04 Å². The minimum absolute atomic E-state index is 0.191. The molecule has 7 heteroatoms. The van der Waals surface area contributed by atoms with E-state index in [1.807, 2.05) is 49.6 Å². The summed E-state index contributed by atoms with van der Waals surface area (Å²) >= 11 is 1.57. The molecule has 3 rings (SSSR count). The topological polar surface area (TPSA) is 87.7 Å². The predicted octanol–water partition coefficient (Wildman–Crippen LogP) is 6.84. The smallest absolute Gasteiger partial charge is 0.326 e. The van der Waals surface area contributed by atoms with Crippen LogP contribution in [0.5, 0.6) is 0 Å². The van der Waals surface area contributed by atoms with Crippen LogP contribution in [0.15, 0.2) is 42.5 Å². The van der Waals surface area contributed by atoms with Gasteiger partial charge in [0.25, 0.3) is 5.91 Å². The number of hydrogen-bond donors (Lipinski definition) is 3. The Labute approximate surface area is 245 Å². The number of thioether (sulfide) groups is 1. The summed E-state index contributed by atoms with van der Waals surface area (Å²) < 4.78 is 6.20. The van der Waals surface area contributed by atoms with Crippen molar-refractivity contribution >= 4 is 23.6 Å². The normalized spacial score (nSPS) is 15.9. The molecule has 0 bridgehead atoms. The molecule has 1 saturated carbocycles. The quantitative estimate of drug-likeness (QED) is 0.231. The van der Waals surface area contributed by atoms with Crippen LogP contribution in [0.4, 0.5) is 0 Å². The Morgan fingerprint density at radius 1 is 1.07 bits per heavy atom. The molecular weight excluding hydrogens is 520 g/mol. The van der Waals surface area contributed by atoms with Crippen molar-refractivity contribution in [2.75, 3.05) is 18.6 Å². The highest BCUT2D eigenvalue weighted by molar-refractivity contribution is 7.98. The van der Waals surface area contributed by atoms with E-state index in [4.69, 9.17) is 4.74 Å². The van der Waals surface area contributed by atoms with Gasteiger partial charge in [-0.25, -0.2) is 4.79 Å². The van der Waals surface area contributed by atoms with E-state index in [9.17, 15) is 14.7 Å². The predicted molar refractivity (Wildman–Crippen MR) is 166 cm³/mol. The molecule has 2 aromatic carbocycles. The average molecular weight is 569 g/mol. The van der Waals surface area contributed by atoms with E-state index >= 15 is 0 Å². The second-order valence-corrected chi connectivity index (χ2v) is 13.1. The summed E-state index contributed by atoms with van der Waals surface area (Å²) in [5, 5.41) is 16.2. The number of nitrogens with one attached hydrogen (secondary N) is 2. The molecule has 0 spiro atoms. The molecule has 0 unspecified atom stereocenters. The van der Waals surface area contributed by atoms with Crippen LogP contribution in [0, 0.1) is 12.8 Å². The SMILES string of the molecule is CSCC[C@H](NC(=O)c1ccc(CN[C@@H](COC(C)(C)C)CC2CCCCC2)cc1-c1ccccc1C)C(=O)O.